The predicted octanol–water partition coefficient (Wildman–Crippen LogP) is 2.93. The van der Waals surface area contributed by atoms with Gasteiger partial charge in [0.1, 0.15) is 0 Å². The van der Waals surface area contributed by atoms with Crippen molar-refractivity contribution in [2.75, 3.05) is 13.1 Å². The van der Waals surface area contributed by atoms with Crippen molar-refractivity contribution in [3.05, 3.63) is 21.9 Å². The smallest absolute Gasteiger partial charge is 0.263 e. The highest BCUT2D eigenvalue weighted by Gasteiger charge is 2.22. The molecular formula is C12H17NOS. The molecule has 1 aliphatic rings. The second-order valence-corrected chi connectivity index (χ2v) is 5.40. The number of nitrogens with zero attached hydrogens (tertiary/aromatic N) is 1. The molecule has 15 heavy (non-hydrogen) atoms. The Balaban J connectivity index is 2.07. The van der Waals surface area contributed by atoms with Crippen LogP contribution in [0.1, 0.15) is 35.0 Å². The van der Waals surface area contributed by atoms with Crippen molar-refractivity contribution in [2.24, 2.45) is 5.92 Å². The van der Waals surface area contributed by atoms with Crippen LogP contribution in [0, 0.1) is 12.8 Å². The lowest BCUT2D eigenvalue weighted by Gasteiger charge is -2.30. The first-order chi connectivity index (χ1) is 7.16. The van der Waals surface area contributed by atoms with Crippen LogP contribution in [0.3, 0.4) is 0 Å². The SMILES string of the molecule is Cc1csc(C(=O)N2CCCC(C)C2)c1. The maximum atomic E-state index is 12.1. The van der Waals surface area contributed by atoms with Crippen LogP contribution < -0.4 is 0 Å². The zero-order valence-corrected chi connectivity index (χ0v) is 10.1. The molecule has 1 aromatic rings. The highest BCUT2D eigenvalue weighted by molar-refractivity contribution is 7.12. The Hall–Kier alpha value is -0.830. The molecule has 82 valence electrons. The monoisotopic (exact) mass is 223 g/mol. The van der Waals surface area contributed by atoms with E-state index in [1.54, 1.807) is 11.3 Å². The third kappa shape index (κ3) is 2.40. The number of carbonyl (C=O) groups is 1. The molecule has 0 radical (unpaired) electrons. The van der Waals surface area contributed by atoms with Crippen molar-refractivity contribution in [3.8, 4) is 0 Å². The van der Waals surface area contributed by atoms with Crippen LogP contribution in [-0.4, -0.2) is 23.9 Å². The molecule has 3 heteroatoms. The lowest BCUT2D eigenvalue weighted by atomic mass is 10.0. The van der Waals surface area contributed by atoms with Gasteiger partial charge in [0.2, 0.25) is 0 Å². The van der Waals surface area contributed by atoms with Gasteiger partial charge in [0, 0.05) is 13.1 Å². The molecule has 1 atom stereocenters. The average Bonchev–Trinajstić information content (AvgIpc) is 2.64. The molecule has 1 fully saturated rings. The van der Waals surface area contributed by atoms with Gasteiger partial charge >= 0.3 is 0 Å². The number of hydrogen-bond donors (Lipinski definition) is 0. The summed E-state index contributed by atoms with van der Waals surface area (Å²) in [6, 6.07) is 1.99. The Bertz CT molecular complexity index is 358. The van der Waals surface area contributed by atoms with E-state index in [-0.39, 0.29) is 5.91 Å². The number of carbonyl (C=O) groups excluding carboxylic acids is 1. The summed E-state index contributed by atoms with van der Waals surface area (Å²) < 4.78 is 0. The average molecular weight is 223 g/mol. The molecule has 0 saturated carbocycles. The van der Waals surface area contributed by atoms with Crippen LogP contribution in [0.15, 0.2) is 11.4 Å². The molecule has 0 bridgehead atoms. The van der Waals surface area contributed by atoms with E-state index in [2.05, 4.69) is 6.92 Å². The van der Waals surface area contributed by atoms with Crippen molar-refractivity contribution in [2.45, 2.75) is 26.7 Å². The molecular weight excluding hydrogens is 206 g/mol. The molecule has 1 unspecified atom stereocenters. The van der Waals surface area contributed by atoms with Gasteiger partial charge in [0.25, 0.3) is 5.91 Å². The normalized spacial score (nSPS) is 21.7. The molecule has 1 amide bonds. The molecule has 0 aromatic carbocycles. The van der Waals surface area contributed by atoms with Gasteiger partial charge in [0.15, 0.2) is 0 Å². The van der Waals surface area contributed by atoms with Crippen molar-refractivity contribution in [1.29, 1.82) is 0 Å². The fourth-order valence-corrected chi connectivity index (χ4v) is 2.94. The second kappa shape index (κ2) is 4.35. The van der Waals surface area contributed by atoms with Gasteiger partial charge in [-0.2, -0.15) is 0 Å². The Morgan fingerprint density at radius 3 is 3.00 bits per heavy atom. The minimum atomic E-state index is 0.222. The topological polar surface area (TPSA) is 20.3 Å². The summed E-state index contributed by atoms with van der Waals surface area (Å²) in [5.41, 5.74) is 1.19. The third-order valence-electron chi connectivity index (χ3n) is 2.89. The first-order valence-corrected chi connectivity index (χ1v) is 6.39. The molecule has 1 aliphatic heterocycles. The largest absolute Gasteiger partial charge is 0.338 e. The predicted molar refractivity (Wildman–Crippen MR) is 63.4 cm³/mol. The van der Waals surface area contributed by atoms with Crippen molar-refractivity contribution in [1.82, 2.24) is 4.90 Å². The fourth-order valence-electron chi connectivity index (χ4n) is 2.07. The zero-order chi connectivity index (χ0) is 10.8. The van der Waals surface area contributed by atoms with Gasteiger partial charge < -0.3 is 4.90 Å². The maximum Gasteiger partial charge on any atom is 0.263 e. The zero-order valence-electron chi connectivity index (χ0n) is 9.32. The lowest BCUT2D eigenvalue weighted by Crippen LogP contribution is -2.38. The van der Waals surface area contributed by atoms with Gasteiger partial charge in [0.05, 0.1) is 4.88 Å². The van der Waals surface area contributed by atoms with Crippen LogP contribution in [0.5, 0.6) is 0 Å². The van der Waals surface area contributed by atoms with Gasteiger partial charge in [-0.25, -0.2) is 0 Å². The quantitative estimate of drug-likeness (QED) is 0.717. The van der Waals surface area contributed by atoms with Gasteiger partial charge in [-0.15, -0.1) is 11.3 Å². The number of hydrogen-bond acceptors (Lipinski definition) is 2. The molecule has 2 rings (SSSR count). The summed E-state index contributed by atoms with van der Waals surface area (Å²) in [6.07, 6.45) is 2.41. The van der Waals surface area contributed by atoms with E-state index in [0.717, 1.165) is 24.4 Å². The highest BCUT2D eigenvalue weighted by atomic mass is 32.1. The van der Waals surface area contributed by atoms with Gasteiger partial charge in [-0.1, -0.05) is 6.92 Å². The summed E-state index contributed by atoms with van der Waals surface area (Å²) in [6.45, 7) is 6.11. The number of amides is 1. The number of thiophene rings is 1. The van der Waals surface area contributed by atoms with E-state index in [1.165, 1.54) is 12.0 Å². The van der Waals surface area contributed by atoms with Crippen LogP contribution >= 0.6 is 11.3 Å². The highest BCUT2D eigenvalue weighted by Crippen LogP contribution is 2.21. The first-order valence-electron chi connectivity index (χ1n) is 5.51. The number of piperidine rings is 1. The molecule has 1 saturated heterocycles. The summed E-state index contributed by atoms with van der Waals surface area (Å²) >= 11 is 1.56. The Morgan fingerprint density at radius 1 is 1.60 bits per heavy atom. The third-order valence-corrected chi connectivity index (χ3v) is 3.92. The number of likely N-dealkylation sites (tertiary alicyclic amines) is 1. The van der Waals surface area contributed by atoms with E-state index in [1.807, 2.05) is 23.3 Å². The molecule has 0 aliphatic carbocycles. The minimum Gasteiger partial charge on any atom is -0.338 e. The minimum absolute atomic E-state index is 0.222. The molecule has 0 spiro atoms. The molecule has 1 aromatic heterocycles. The number of aryl methyl sites for hydroxylation is 1. The Labute approximate surface area is 94.9 Å². The van der Waals surface area contributed by atoms with Crippen LogP contribution in [0.4, 0.5) is 0 Å². The van der Waals surface area contributed by atoms with E-state index in [0.29, 0.717) is 5.92 Å². The van der Waals surface area contributed by atoms with Crippen molar-refractivity contribution < 1.29 is 4.79 Å². The first kappa shape index (κ1) is 10.7. The van der Waals surface area contributed by atoms with Crippen LogP contribution in [-0.2, 0) is 0 Å². The molecule has 2 nitrogen and oxygen atoms in total. The Morgan fingerprint density at radius 2 is 2.40 bits per heavy atom. The molecule has 0 N–H and O–H groups in total. The standard InChI is InChI=1S/C12H17NOS/c1-9-4-3-5-13(7-9)12(14)11-6-10(2)8-15-11/h6,8-9H,3-5,7H2,1-2H3. The molecule has 2 heterocycles. The van der Waals surface area contributed by atoms with Crippen molar-refractivity contribution in [3.63, 3.8) is 0 Å². The fraction of sp³-hybridized carbons (Fsp3) is 0.583. The van der Waals surface area contributed by atoms with E-state index in [4.69, 9.17) is 0 Å². The van der Waals surface area contributed by atoms with Crippen LogP contribution in [0.2, 0.25) is 0 Å². The summed E-state index contributed by atoms with van der Waals surface area (Å²) in [4.78, 5) is 15.0. The number of rotatable bonds is 1. The summed E-state index contributed by atoms with van der Waals surface area (Å²) in [5, 5.41) is 2.04. The van der Waals surface area contributed by atoms with Gasteiger partial charge in [-0.05, 0) is 42.7 Å². The van der Waals surface area contributed by atoms with Crippen molar-refractivity contribution >= 4 is 17.2 Å². The second-order valence-electron chi connectivity index (χ2n) is 4.49. The van der Waals surface area contributed by atoms with E-state index in [9.17, 15) is 4.79 Å². The van der Waals surface area contributed by atoms with E-state index < -0.39 is 0 Å². The maximum absolute atomic E-state index is 12.1. The van der Waals surface area contributed by atoms with E-state index >= 15 is 0 Å². The van der Waals surface area contributed by atoms with Gasteiger partial charge in [-0.3, -0.25) is 4.79 Å². The Kier molecular flexibility index (Phi) is 3.10. The lowest BCUT2D eigenvalue weighted by molar-refractivity contribution is 0.0688. The summed E-state index contributed by atoms with van der Waals surface area (Å²) in [5.74, 6) is 0.878. The summed E-state index contributed by atoms with van der Waals surface area (Å²) in [7, 11) is 0. The van der Waals surface area contributed by atoms with Crippen LogP contribution in [0.25, 0.3) is 0 Å².